The second-order valence-corrected chi connectivity index (χ2v) is 5.52. The van der Waals surface area contributed by atoms with E-state index >= 15 is 0 Å². The Bertz CT molecular complexity index is 666. The summed E-state index contributed by atoms with van der Waals surface area (Å²) in [6.45, 7) is -0.377. The molecule has 122 valence electrons. The van der Waals surface area contributed by atoms with Gasteiger partial charge in [-0.15, -0.1) is 0 Å². The molecule has 23 heavy (non-hydrogen) atoms. The molecule has 4 nitrogen and oxygen atoms in total. The molecule has 0 spiro atoms. The van der Waals surface area contributed by atoms with Crippen LogP contribution in [0.2, 0.25) is 5.02 Å². The first-order chi connectivity index (χ1) is 11.0. The molecular formula is C17H17ClFNO3. The maximum absolute atomic E-state index is 13.8. The number of hydrogen-bond donors (Lipinski definition) is 3. The number of aliphatic hydroxyl groups excluding tert-OH is 2. The highest BCUT2D eigenvalue weighted by molar-refractivity contribution is 6.31. The highest BCUT2D eigenvalue weighted by Crippen LogP contribution is 2.20. The van der Waals surface area contributed by atoms with Crippen molar-refractivity contribution in [3.8, 4) is 0 Å². The average molecular weight is 338 g/mol. The molecule has 6 heteroatoms. The molecule has 0 aliphatic carbocycles. The van der Waals surface area contributed by atoms with Gasteiger partial charge >= 0.3 is 0 Å². The number of rotatable bonds is 6. The summed E-state index contributed by atoms with van der Waals surface area (Å²) in [5, 5.41) is 21.9. The van der Waals surface area contributed by atoms with E-state index in [4.69, 9.17) is 11.6 Å². The van der Waals surface area contributed by atoms with Gasteiger partial charge in [0.25, 0.3) is 5.91 Å². The fourth-order valence-electron chi connectivity index (χ4n) is 2.20. The van der Waals surface area contributed by atoms with E-state index in [1.54, 1.807) is 24.3 Å². The molecule has 0 saturated carbocycles. The van der Waals surface area contributed by atoms with Crippen molar-refractivity contribution in [2.45, 2.75) is 18.6 Å². The third kappa shape index (κ3) is 4.51. The molecule has 0 radical (unpaired) electrons. The van der Waals surface area contributed by atoms with Gasteiger partial charge in [0.2, 0.25) is 0 Å². The Morgan fingerprint density at radius 1 is 1.17 bits per heavy atom. The molecule has 0 unspecified atom stereocenters. The zero-order chi connectivity index (χ0) is 16.8. The van der Waals surface area contributed by atoms with E-state index in [1.165, 1.54) is 18.2 Å². The van der Waals surface area contributed by atoms with Crippen LogP contribution in [0.3, 0.4) is 0 Å². The first-order valence-electron chi connectivity index (χ1n) is 7.11. The van der Waals surface area contributed by atoms with Crippen LogP contribution >= 0.6 is 11.6 Å². The van der Waals surface area contributed by atoms with Gasteiger partial charge in [0.05, 0.1) is 29.3 Å². The largest absolute Gasteiger partial charge is 0.394 e. The Balaban J connectivity index is 2.04. The summed E-state index contributed by atoms with van der Waals surface area (Å²) in [7, 11) is 0. The molecule has 2 rings (SSSR count). The summed E-state index contributed by atoms with van der Waals surface area (Å²) in [4.78, 5) is 12.1. The fraction of sp³-hybridized carbons (Fsp3) is 0.235. The number of carbonyl (C=O) groups is 1. The van der Waals surface area contributed by atoms with Crippen molar-refractivity contribution in [1.82, 2.24) is 5.32 Å². The molecular weight excluding hydrogens is 321 g/mol. The van der Waals surface area contributed by atoms with Gasteiger partial charge in [0.1, 0.15) is 0 Å². The van der Waals surface area contributed by atoms with Crippen LogP contribution in [0.1, 0.15) is 28.4 Å². The summed E-state index contributed by atoms with van der Waals surface area (Å²) < 4.78 is 13.8. The third-order valence-electron chi connectivity index (χ3n) is 3.44. The highest BCUT2D eigenvalue weighted by Gasteiger charge is 2.20. The number of hydrogen-bond acceptors (Lipinski definition) is 3. The van der Waals surface area contributed by atoms with Crippen LogP contribution in [0.25, 0.3) is 0 Å². The summed E-state index contributed by atoms with van der Waals surface area (Å²) in [6, 6.07) is 12.3. The Labute approximate surface area is 138 Å². The van der Waals surface area contributed by atoms with Crippen LogP contribution in [0, 0.1) is 5.82 Å². The quantitative estimate of drug-likeness (QED) is 0.759. The van der Waals surface area contributed by atoms with Gasteiger partial charge in [0.15, 0.2) is 5.82 Å². The lowest BCUT2D eigenvalue weighted by Gasteiger charge is -2.20. The minimum Gasteiger partial charge on any atom is -0.394 e. The lowest BCUT2D eigenvalue weighted by Crippen LogP contribution is -2.39. The molecule has 0 aliphatic rings. The van der Waals surface area contributed by atoms with E-state index in [2.05, 4.69) is 5.32 Å². The average Bonchev–Trinajstić information content (AvgIpc) is 2.57. The number of amides is 1. The second-order valence-electron chi connectivity index (χ2n) is 5.12. The van der Waals surface area contributed by atoms with E-state index in [0.29, 0.717) is 5.56 Å². The number of aliphatic hydroxyl groups is 2. The van der Waals surface area contributed by atoms with E-state index in [1.807, 2.05) is 6.07 Å². The number of carbonyl (C=O) groups excluding carboxylic acids is 1. The van der Waals surface area contributed by atoms with Gasteiger partial charge < -0.3 is 15.5 Å². The van der Waals surface area contributed by atoms with Gasteiger partial charge in [-0.25, -0.2) is 4.39 Å². The van der Waals surface area contributed by atoms with Gasteiger partial charge in [-0.05, 0) is 24.1 Å². The first-order valence-corrected chi connectivity index (χ1v) is 7.49. The minimum absolute atomic E-state index is 0.106. The van der Waals surface area contributed by atoms with Crippen LogP contribution in [0.15, 0.2) is 48.5 Å². The van der Waals surface area contributed by atoms with Crippen LogP contribution in [-0.2, 0) is 0 Å². The van der Waals surface area contributed by atoms with Crippen molar-refractivity contribution in [2.75, 3.05) is 6.61 Å². The van der Waals surface area contributed by atoms with Crippen molar-refractivity contribution < 1.29 is 19.4 Å². The SMILES string of the molecule is O=C(N[C@H](CO)C[C@@H](O)c1ccccc1)c1cccc(Cl)c1F. The van der Waals surface area contributed by atoms with Crippen LogP contribution < -0.4 is 5.32 Å². The second kappa shape index (κ2) is 8.06. The molecule has 2 aromatic rings. The Hall–Kier alpha value is -1.95. The van der Waals surface area contributed by atoms with Crippen LogP contribution in [0.5, 0.6) is 0 Å². The smallest absolute Gasteiger partial charge is 0.254 e. The summed E-state index contributed by atoms with van der Waals surface area (Å²) in [5.41, 5.74) is 0.472. The van der Waals surface area contributed by atoms with Gasteiger partial charge in [-0.1, -0.05) is 48.0 Å². The van der Waals surface area contributed by atoms with Crippen molar-refractivity contribution in [3.05, 3.63) is 70.5 Å². The predicted molar refractivity (Wildman–Crippen MR) is 85.8 cm³/mol. The van der Waals surface area contributed by atoms with Crippen molar-refractivity contribution in [1.29, 1.82) is 0 Å². The lowest BCUT2D eigenvalue weighted by molar-refractivity contribution is 0.0862. The Kier molecular flexibility index (Phi) is 6.10. The molecule has 0 bridgehead atoms. The highest BCUT2D eigenvalue weighted by atomic mass is 35.5. The van der Waals surface area contributed by atoms with Crippen LogP contribution in [-0.4, -0.2) is 28.8 Å². The molecule has 1 amide bonds. The lowest BCUT2D eigenvalue weighted by atomic mass is 10.0. The van der Waals surface area contributed by atoms with E-state index < -0.39 is 23.9 Å². The predicted octanol–water partition coefficient (Wildman–Crippen LogP) is 2.69. The third-order valence-corrected chi connectivity index (χ3v) is 3.74. The molecule has 0 fully saturated rings. The molecule has 2 atom stereocenters. The molecule has 3 N–H and O–H groups in total. The summed E-state index contributed by atoms with van der Waals surface area (Å²) >= 11 is 5.65. The van der Waals surface area contributed by atoms with E-state index in [9.17, 15) is 19.4 Å². The van der Waals surface area contributed by atoms with E-state index in [-0.39, 0.29) is 23.6 Å². The maximum atomic E-state index is 13.8. The topological polar surface area (TPSA) is 69.6 Å². The van der Waals surface area contributed by atoms with Crippen molar-refractivity contribution >= 4 is 17.5 Å². The number of halogens is 2. The zero-order valence-electron chi connectivity index (χ0n) is 12.2. The summed E-state index contributed by atoms with van der Waals surface area (Å²) in [5.74, 6) is -1.50. The van der Waals surface area contributed by atoms with Crippen LogP contribution in [0.4, 0.5) is 4.39 Å². The fourth-order valence-corrected chi connectivity index (χ4v) is 2.38. The number of benzene rings is 2. The molecule has 0 heterocycles. The normalized spacial score (nSPS) is 13.4. The summed E-state index contributed by atoms with van der Waals surface area (Å²) in [6.07, 6.45) is -0.744. The van der Waals surface area contributed by atoms with Gasteiger partial charge in [0, 0.05) is 0 Å². The van der Waals surface area contributed by atoms with Gasteiger partial charge in [-0.3, -0.25) is 4.79 Å². The minimum atomic E-state index is -0.849. The van der Waals surface area contributed by atoms with Crippen molar-refractivity contribution in [3.63, 3.8) is 0 Å². The Morgan fingerprint density at radius 2 is 1.87 bits per heavy atom. The molecule has 2 aromatic carbocycles. The number of nitrogens with one attached hydrogen (secondary N) is 1. The molecule has 0 aromatic heterocycles. The van der Waals surface area contributed by atoms with E-state index in [0.717, 1.165) is 0 Å². The maximum Gasteiger partial charge on any atom is 0.254 e. The van der Waals surface area contributed by atoms with Gasteiger partial charge in [-0.2, -0.15) is 0 Å². The zero-order valence-corrected chi connectivity index (χ0v) is 13.0. The first kappa shape index (κ1) is 17.4. The molecule has 0 aliphatic heterocycles. The monoisotopic (exact) mass is 337 g/mol. The standard InChI is InChI=1S/C17H17ClFNO3/c18-14-8-4-7-13(16(14)19)17(23)20-12(10-21)9-15(22)11-5-2-1-3-6-11/h1-8,12,15,21-22H,9-10H2,(H,20,23)/t12-,15+/m0/s1. The Morgan fingerprint density at radius 3 is 2.52 bits per heavy atom. The molecule has 0 saturated heterocycles. The van der Waals surface area contributed by atoms with Crippen molar-refractivity contribution in [2.24, 2.45) is 0 Å².